The number of carbonyl (C=O) groups excluding carboxylic acids is 1. The molecule has 3 aromatic rings. The van der Waals surface area contributed by atoms with E-state index in [2.05, 4.69) is 10.4 Å². The Morgan fingerprint density at radius 2 is 1.96 bits per heavy atom. The minimum Gasteiger partial charge on any atom is -0.442 e. The average molecular weight is 356 g/mol. The fourth-order valence-electron chi connectivity index (χ4n) is 2.54. The van der Waals surface area contributed by atoms with Gasteiger partial charge in [-0.2, -0.15) is 4.68 Å². The Balaban J connectivity index is 1.99. The van der Waals surface area contributed by atoms with Gasteiger partial charge in [0, 0.05) is 11.1 Å². The molecule has 0 aliphatic rings. The van der Waals surface area contributed by atoms with Crippen molar-refractivity contribution in [3.05, 3.63) is 47.8 Å². The molecule has 0 bridgehead atoms. The topological polar surface area (TPSA) is 82.2 Å². The lowest BCUT2D eigenvalue weighted by atomic mass is 10.2. The first kappa shape index (κ1) is 17.7. The Labute approximate surface area is 150 Å². The second-order valence-corrected chi connectivity index (χ2v) is 7.12. The van der Waals surface area contributed by atoms with Crippen molar-refractivity contribution in [2.45, 2.75) is 33.3 Å². The molecule has 0 radical (unpaired) electrons. The first-order chi connectivity index (χ1) is 12.1. The second-order valence-electron chi connectivity index (χ2n) is 7.12. The summed E-state index contributed by atoms with van der Waals surface area (Å²) in [6.07, 6.45) is -0.627. The fourth-order valence-corrected chi connectivity index (χ4v) is 2.54. The molecule has 2 aromatic carbocycles. The molecule has 3 rings (SSSR count). The minimum atomic E-state index is -0.662. The monoisotopic (exact) mass is 356 g/mol. The Morgan fingerprint density at radius 1 is 1.23 bits per heavy atom. The van der Waals surface area contributed by atoms with Crippen molar-refractivity contribution in [1.82, 2.24) is 9.78 Å². The highest BCUT2D eigenvalue weighted by molar-refractivity contribution is 5.96. The predicted octanol–water partition coefficient (Wildman–Crippen LogP) is 4.59. The van der Waals surface area contributed by atoms with Crippen LogP contribution in [0, 0.1) is 12.7 Å². The summed E-state index contributed by atoms with van der Waals surface area (Å²) in [5, 5.41) is 7.69. The van der Waals surface area contributed by atoms with Crippen LogP contribution in [-0.4, -0.2) is 21.5 Å². The van der Waals surface area contributed by atoms with E-state index in [1.54, 1.807) is 45.0 Å². The fraction of sp³-hybridized carbons (Fsp3) is 0.263. The molecule has 26 heavy (non-hydrogen) atoms. The van der Waals surface area contributed by atoms with Gasteiger partial charge < -0.3 is 15.8 Å². The lowest BCUT2D eigenvalue weighted by Gasteiger charge is -2.19. The molecule has 0 saturated carbocycles. The van der Waals surface area contributed by atoms with Crippen molar-refractivity contribution in [2.24, 2.45) is 0 Å². The summed E-state index contributed by atoms with van der Waals surface area (Å²) in [6, 6.07) is 10.1. The number of aromatic nitrogens is 2. The zero-order chi connectivity index (χ0) is 19.1. The van der Waals surface area contributed by atoms with Gasteiger partial charge in [-0.1, -0.05) is 6.07 Å². The zero-order valence-corrected chi connectivity index (χ0v) is 15.1. The maximum atomic E-state index is 14.1. The second kappa shape index (κ2) is 6.33. The van der Waals surface area contributed by atoms with Crippen LogP contribution in [0.25, 0.3) is 10.9 Å². The molecular weight excluding hydrogens is 335 g/mol. The molecule has 136 valence electrons. The van der Waals surface area contributed by atoms with Gasteiger partial charge in [0.15, 0.2) is 5.82 Å². The van der Waals surface area contributed by atoms with Crippen molar-refractivity contribution < 1.29 is 13.9 Å². The average Bonchev–Trinajstić information content (AvgIpc) is 2.85. The third-order valence-electron chi connectivity index (χ3n) is 3.68. The molecule has 0 unspecified atom stereocenters. The molecule has 6 nitrogen and oxygen atoms in total. The number of hydrogen-bond donors (Lipinski definition) is 2. The Bertz CT molecular complexity index is 989. The van der Waals surface area contributed by atoms with Crippen LogP contribution in [0.2, 0.25) is 0 Å². The third-order valence-corrected chi connectivity index (χ3v) is 3.68. The normalized spacial score (nSPS) is 11.6. The van der Waals surface area contributed by atoms with Crippen LogP contribution in [0.5, 0.6) is 0 Å². The number of carbonyl (C=O) groups is 1. The highest BCUT2D eigenvalue weighted by atomic mass is 19.1. The zero-order valence-electron chi connectivity index (χ0n) is 15.1. The number of hydrogen-bond acceptors (Lipinski definition) is 5. The van der Waals surface area contributed by atoms with E-state index in [1.165, 1.54) is 6.07 Å². The lowest BCUT2D eigenvalue weighted by Crippen LogP contribution is -2.27. The molecule has 3 N–H and O–H groups in total. The van der Waals surface area contributed by atoms with Gasteiger partial charge in [-0.25, -0.2) is 9.18 Å². The van der Waals surface area contributed by atoms with E-state index in [1.807, 2.05) is 13.0 Å². The standard InChI is InChI=1S/C19H21FN4O2/c1-11-5-8-15(14(20)9-11)22-12-6-7-13-16(10-12)24(23-17(13)21)18(25)26-19(2,3)4/h5-10,22H,1-4H3,(H2,21,23). The van der Waals surface area contributed by atoms with E-state index in [4.69, 9.17) is 10.5 Å². The summed E-state index contributed by atoms with van der Waals surface area (Å²) < 4.78 is 20.6. The predicted molar refractivity (Wildman–Crippen MR) is 100 cm³/mol. The van der Waals surface area contributed by atoms with Crippen molar-refractivity contribution in [3.8, 4) is 0 Å². The van der Waals surface area contributed by atoms with Crippen LogP contribution in [0.4, 0.5) is 26.4 Å². The number of nitrogens with zero attached hydrogens (tertiary/aromatic N) is 2. The van der Waals surface area contributed by atoms with Gasteiger partial charge >= 0.3 is 6.09 Å². The molecule has 7 heteroatoms. The van der Waals surface area contributed by atoms with Crippen molar-refractivity contribution >= 4 is 34.2 Å². The Hall–Kier alpha value is -3.09. The number of rotatable bonds is 2. The van der Waals surface area contributed by atoms with Gasteiger partial charge in [0.05, 0.1) is 11.2 Å². The van der Waals surface area contributed by atoms with Crippen LogP contribution in [0.15, 0.2) is 36.4 Å². The number of aryl methyl sites for hydroxylation is 1. The number of anilines is 3. The molecule has 0 fully saturated rings. The molecule has 0 atom stereocenters. The summed E-state index contributed by atoms with van der Waals surface area (Å²) in [5.74, 6) is -0.135. The first-order valence-corrected chi connectivity index (χ1v) is 8.19. The maximum absolute atomic E-state index is 14.1. The highest BCUT2D eigenvalue weighted by Gasteiger charge is 2.21. The molecule has 0 saturated heterocycles. The number of fused-ring (bicyclic) bond motifs is 1. The molecule has 0 aliphatic heterocycles. The molecule has 0 spiro atoms. The maximum Gasteiger partial charge on any atom is 0.435 e. The largest absolute Gasteiger partial charge is 0.442 e. The van der Waals surface area contributed by atoms with Gasteiger partial charge in [0.1, 0.15) is 11.4 Å². The Kier molecular flexibility index (Phi) is 4.31. The SMILES string of the molecule is Cc1ccc(Nc2ccc3c(N)nn(C(=O)OC(C)(C)C)c3c2)c(F)c1. The van der Waals surface area contributed by atoms with Crippen LogP contribution in [0.1, 0.15) is 26.3 Å². The van der Waals surface area contributed by atoms with Gasteiger partial charge in [-0.15, -0.1) is 5.10 Å². The van der Waals surface area contributed by atoms with Crippen molar-refractivity contribution in [2.75, 3.05) is 11.1 Å². The summed E-state index contributed by atoms with van der Waals surface area (Å²) >= 11 is 0. The van der Waals surface area contributed by atoms with Crippen LogP contribution >= 0.6 is 0 Å². The molecule has 0 amide bonds. The molecule has 1 aromatic heterocycles. The van der Waals surface area contributed by atoms with Crippen molar-refractivity contribution in [3.63, 3.8) is 0 Å². The van der Waals surface area contributed by atoms with E-state index in [9.17, 15) is 9.18 Å². The molecule has 1 heterocycles. The smallest absolute Gasteiger partial charge is 0.435 e. The van der Waals surface area contributed by atoms with Crippen molar-refractivity contribution in [1.29, 1.82) is 0 Å². The van der Waals surface area contributed by atoms with E-state index in [0.717, 1.165) is 10.2 Å². The number of benzene rings is 2. The first-order valence-electron chi connectivity index (χ1n) is 8.19. The highest BCUT2D eigenvalue weighted by Crippen LogP contribution is 2.27. The quantitative estimate of drug-likeness (QED) is 0.701. The Morgan fingerprint density at radius 3 is 2.62 bits per heavy atom. The van der Waals surface area contributed by atoms with Gasteiger partial charge in [0.25, 0.3) is 0 Å². The number of halogens is 1. The summed E-state index contributed by atoms with van der Waals surface area (Å²) in [4.78, 5) is 12.4. The lowest BCUT2D eigenvalue weighted by molar-refractivity contribution is 0.0523. The van der Waals surface area contributed by atoms with Crippen LogP contribution in [0.3, 0.4) is 0 Å². The summed E-state index contributed by atoms with van der Waals surface area (Å²) in [5.41, 5.74) is 7.49. The van der Waals surface area contributed by atoms with E-state index in [-0.39, 0.29) is 11.6 Å². The molecule has 0 aliphatic carbocycles. The summed E-state index contributed by atoms with van der Waals surface area (Å²) in [6.45, 7) is 7.13. The minimum absolute atomic E-state index is 0.221. The van der Waals surface area contributed by atoms with E-state index in [0.29, 0.717) is 22.3 Å². The van der Waals surface area contributed by atoms with Gasteiger partial charge in [-0.05, 0) is 63.6 Å². The number of nitrogen functional groups attached to an aromatic ring is 1. The molecular formula is C19H21FN4O2. The summed E-state index contributed by atoms with van der Waals surface area (Å²) in [7, 11) is 0. The third kappa shape index (κ3) is 3.61. The van der Waals surface area contributed by atoms with E-state index < -0.39 is 11.7 Å². The van der Waals surface area contributed by atoms with Gasteiger partial charge in [-0.3, -0.25) is 0 Å². The number of nitrogens with one attached hydrogen (secondary N) is 1. The van der Waals surface area contributed by atoms with Crippen LogP contribution < -0.4 is 11.1 Å². The van der Waals surface area contributed by atoms with Crippen LogP contribution in [-0.2, 0) is 4.74 Å². The number of nitrogens with two attached hydrogens (primary N) is 1. The van der Waals surface area contributed by atoms with E-state index >= 15 is 0 Å². The number of ether oxygens (including phenoxy) is 1. The van der Waals surface area contributed by atoms with Gasteiger partial charge in [0.2, 0.25) is 0 Å².